The van der Waals surface area contributed by atoms with E-state index in [1.165, 1.54) is 0 Å². The van der Waals surface area contributed by atoms with Gasteiger partial charge in [0.1, 0.15) is 11.5 Å². The first-order chi connectivity index (χ1) is 17.0. The number of aryl methyl sites for hydroxylation is 1. The number of Topliss-reactive ketones (excluding diaryl/α,β-unsaturated/α-hetero) is 1. The average molecular weight is 479 g/mol. The van der Waals surface area contributed by atoms with Gasteiger partial charge in [-0.15, -0.1) is 0 Å². The summed E-state index contributed by atoms with van der Waals surface area (Å²) in [4.78, 5) is 30.3. The lowest BCUT2D eigenvalue weighted by Crippen LogP contribution is -2.38. The normalized spacial score (nSPS) is 20.4. The molecule has 7 heteroatoms. The molecular weight excluding hydrogens is 444 g/mol. The molecule has 0 aliphatic carbocycles. The van der Waals surface area contributed by atoms with Crippen molar-refractivity contribution in [3.8, 4) is 5.75 Å². The first-order valence-electron chi connectivity index (χ1n) is 12.4. The number of benzene rings is 2. The third kappa shape index (κ3) is 5.57. The van der Waals surface area contributed by atoms with Crippen molar-refractivity contribution in [3.05, 3.63) is 70.8 Å². The maximum absolute atomic E-state index is 13.2. The van der Waals surface area contributed by atoms with Gasteiger partial charge in [0.2, 0.25) is 0 Å². The summed E-state index contributed by atoms with van der Waals surface area (Å²) in [5, 5.41) is 11.3. The van der Waals surface area contributed by atoms with Gasteiger partial charge in [-0.25, -0.2) is 0 Å². The second kappa shape index (κ2) is 11.5. The highest BCUT2D eigenvalue weighted by molar-refractivity contribution is 6.46. The number of hydrogen-bond donors (Lipinski definition) is 1. The van der Waals surface area contributed by atoms with E-state index in [2.05, 4.69) is 4.90 Å². The van der Waals surface area contributed by atoms with E-state index in [-0.39, 0.29) is 11.3 Å². The van der Waals surface area contributed by atoms with Crippen LogP contribution in [0.25, 0.3) is 5.76 Å². The molecular formula is C28H34N2O5. The molecule has 2 aromatic rings. The number of hydrogen-bond acceptors (Lipinski definition) is 6. The number of ketones is 1. The molecule has 2 aliphatic heterocycles. The second-order valence-corrected chi connectivity index (χ2v) is 9.04. The molecule has 0 bridgehead atoms. The number of aliphatic hydroxyl groups is 1. The van der Waals surface area contributed by atoms with Crippen LogP contribution in [0.15, 0.2) is 54.1 Å². The predicted molar refractivity (Wildman–Crippen MR) is 134 cm³/mol. The van der Waals surface area contributed by atoms with Crippen molar-refractivity contribution >= 4 is 17.4 Å². The van der Waals surface area contributed by atoms with Gasteiger partial charge in [-0.3, -0.25) is 14.5 Å². The molecule has 1 atom stereocenters. The zero-order chi connectivity index (χ0) is 24.8. The largest absolute Gasteiger partial charge is 0.507 e. The van der Waals surface area contributed by atoms with Crippen LogP contribution in [0.2, 0.25) is 0 Å². The van der Waals surface area contributed by atoms with E-state index in [9.17, 15) is 14.7 Å². The number of morpholine rings is 1. The van der Waals surface area contributed by atoms with Gasteiger partial charge in [-0.05, 0) is 49.1 Å². The first-order valence-corrected chi connectivity index (χ1v) is 12.4. The van der Waals surface area contributed by atoms with Gasteiger partial charge < -0.3 is 19.5 Å². The number of likely N-dealkylation sites (tertiary alicyclic amines) is 1. The van der Waals surface area contributed by atoms with E-state index in [1.807, 2.05) is 44.2 Å². The van der Waals surface area contributed by atoms with Crippen LogP contribution in [-0.4, -0.2) is 72.6 Å². The first kappa shape index (κ1) is 24.9. The van der Waals surface area contributed by atoms with Crippen molar-refractivity contribution in [1.29, 1.82) is 0 Å². The van der Waals surface area contributed by atoms with Crippen molar-refractivity contribution < 1.29 is 24.2 Å². The van der Waals surface area contributed by atoms with E-state index >= 15 is 0 Å². The Balaban J connectivity index is 1.64. The molecule has 2 fully saturated rings. The van der Waals surface area contributed by atoms with Crippen LogP contribution in [0.4, 0.5) is 0 Å². The van der Waals surface area contributed by atoms with Crippen LogP contribution in [0.1, 0.15) is 42.5 Å². The molecule has 0 saturated carbocycles. The summed E-state index contributed by atoms with van der Waals surface area (Å²) in [5.41, 5.74) is 2.30. The predicted octanol–water partition coefficient (Wildman–Crippen LogP) is 3.93. The molecule has 0 aromatic heterocycles. The van der Waals surface area contributed by atoms with E-state index in [4.69, 9.17) is 9.47 Å². The second-order valence-electron chi connectivity index (χ2n) is 9.04. The lowest BCUT2D eigenvalue weighted by atomic mass is 9.95. The summed E-state index contributed by atoms with van der Waals surface area (Å²) in [7, 11) is 0. The highest BCUT2D eigenvalue weighted by atomic mass is 16.5. The fourth-order valence-corrected chi connectivity index (χ4v) is 4.71. The van der Waals surface area contributed by atoms with Gasteiger partial charge >= 0.3 is 0 Å². The van der Waals surface area contributed by atoms with Crippen LogP contribution < -0.4 is 4.74 Å². The molecule has 0 radical (unpaired) electrons. The minimum Gasteiger partial charge on any atom is -0.507 e. The zero-order valence-electron chi connectivity index (χ0n) is 20.5. The highest BCUT2D eigenvalue weighted by Gasteiger charge is 2.45. The molecule has 2 saturated heterocycles. The van der Waals surface area contributed by atoms with E-state index < -0.39 is 17.7 Å². The molecule has 0 unspecified atom stereocenters. The van der Waals surface area contributed by atoms with E-state index in [0.717, 1.165) is 62.6 Å². The Hall–Kier alpha value is -3.16. The maximum atomic E-state index is 13.2. The summed E-state index contributed by atoms with van der Waals surface area (Å²) in [6, 6.07) is 14.2. The number of ether oxygens (including phenoxy) is 2. The van der Waals surface area contributed by atoms with Crippen molar-refractivity contribution in [2.75, 3.05) is 46.0 Å². The Morgan fingerprint density at radius 3 is 2.51 bits per heavy atom. The topological polar surface area (TPSA) is 79.3 Å². The molecule has 4 rings (SSSR count). The summed E-state index contributed by atoms with van der Waals surface area (Å²) < 4.78 is 11.2. The van der Waals surface area contributed by atoms with Gasteiger partial charge in [-0.2, -0.15) is 0 Å². The molecule has 2 aliphatic rings. The van der Waals surface area contributed by atoms with Crippen molar-refractivity contribution in [3.63, 3.8) is 0 Å². The molecule has 1 amide bonds. The average Bonchev–Trinajstić information content (AvgIpc) is 3.13. The number of rotatable bonds is 9. The lowest BCUT2D eigenvalue weighted by molar-refractivity contribution is -0.140. The Kier molecular flexibility index (Phi) is 8.21. The molecule has 2 aromatic carbocycles. The monoisotopic (exact) mass is 478 g/mol. The molecule has 0 spiro atoms. The summed E-state index contributed by atoms with van der Waals surface area (Å²) >= 11 is 0. The van der Waals surface area contributed by atoms with Crippen molar-refractivity contribution in [2.24, 2.45) is 0 Å². The van der Waals surface area contributed by atoms with Crippen LogP contribution in [0.3, 0.4) is 0 Å². The summed E-state index contributed by atoms with van der Waals surface area (Å²) in [6.45, 7) is 8.99. The van der Waals surface area contributed by atoms with Crippen LogP contribution >= 0.6 is 0 Å². The van der Waals surface area contributed by atoms with Crippen LogP contribution in [0, 0.1) is 6.92 Å². The van der Waals surface area contributed by atoms with Crippen LogP contribution in [0.5, 0.6) is 5.75 Å². The third-order valence-corrected chi connectivity index (χ3v) is 6.54. The minimum atomic E-state index is -0.647. The third-order valence-electron chi connectivity index (χ3n) is 6.54. The number of carbonyl (C=O) groups is 2. The van der Waals surface area contributed by atoms with Crippen LogP contribution in [-0.2, 0) is 14.3 Å². The maximum Gasteiger partial charge on any atom is 0.295 e. The van der Waals surface area contributed by atoms with Gasteiger partial charge in [0.15, 0.2) is 0 Å². The van der Waals surface area contributed by atoms with Gasteiger partial charge in [0.05, 0.1) is 31.4 Å². The number of nitrogens with zero attached hydrogens (tertiary/aromatic N) is 2. The molecule has 1 N–H and O–H groups in total. The number of aliphatic hydroxyl groups excluding tert-OH is 1. The standard InChI is InChI=1S/C28H34N2O5/c1-3-16-35-23-11-10-22(19-20(23)2)26(31)24-25(21-8-5-4-6-9-21)30(28(33)27(24)32)13-7-12-29-14-17-34-18-15-29/h4-6,8-11,19,25,31H,3,7,12-18H2,1-2H3/t25-/m1/s1. The Morgan fingerprint density at radius 2 is 1.83 bits per heavy atom. The smallest absolute Gasteiger partial charge is 0.295 e. The summed E-state index contributed by atoms with van der Waals surface area (Å²) in [6.07, 6.45) is 1.63. The molecule has 35 heavy (non-hydrogen) atoms. The van der Waals surface area contributed by atoms with Gasteiger partial charge in [-0.1, -0.05) is 37.3 Å². The Morgan fingerprint density at radius 1 is 1.09 bits per heavy atom. The van der Waals surface area contributed by atoms with Gasteiger partial charge in [0.25, 0.3) is 11.7 Å². The SMILES string of the molecule is CCCOc1ccc(C(O)=C2C(=O)C(=O)N(CCCN3CCOCC3)[C@@H]2c2ccccc2)cc1C. The molecule has 7 nitrogen and oxygen atoms in total. The fraction of sp³-hybridized carbons (Fsp3) is 0.429. The molecule has 2 heterocycles. The van der Waals surface area contributed by atoms with Crippen molar-refractivity contribution in [1.82, 2.24) is 9.80 Å². The fourth-order valence-electron chi connectivity index (χ4n) is 4.71. The lowest BCUT2D eigenvalue weighted by Gasteiger charge is -2.29. The highest BCUT2D eigenvalue weighted by Crippen LogP contribution is 2.39. The molecule has 186 valence electrons. The Labute approximate surface area is 206 Å². The minimum absolute atomic E-state index is 0.134. The quantitative estimate of drug-likeness (QED) is 0.334. The van der Waals surface area contributed by atoms with Gasteiger partial charge in [0, 0.05) is 31.7 Å². The number of carbonyl (C=O) groups excluding carboxylic acids is 2. The number of amides is 1. The van der Waals surface area contributed by atoms with E-state index in [1.54, 1.807) is 23.1 Å². The zero-order valence-corrected chi connectivity index (χ0v) is 20.5. The van der Waals surface area contributed by atoms with E-state index in [0.29, 0.717) is 18.7 Å². The Bertz CT molecular complexity index is 1080. The van der Waals surface area contributed by atoms with Crippen molar-refractivity contribution in [2.45, 2.75) is 32.7 Å². The summed E-state index contributed by atoms with van der Waals surface area (Å²) in [5.74, 6) is -0.627.